The van der Waals surface area contributed by atoms with Crippen LogP contribution in [0.5, 0.6) is 0 Å². The van der Waals surface area contributed by atoms with Gasteiger partial charge in [-0.25, -0.2) is 4.98 Å². The van der Waals surface area contributed by atoms with Gasteiger partial charge in [-0.2, -0.15) is 11.8 Å². The summed E-state index contributed by atoms with van der Waals surface area (Å²) in [4.78, 5) is 17.7. The molecular weight excluding hydrogens is 278 g/mol. The summed E-state index contributed by atoms with van der Waals surface area (Å²) in [6.45, 7) is 2.82. The summed E-state index contributed by atoms with van der Waals surface area (Å²) in [5.74, 6) is -0.103. The van der Waals surface area contributed by atoms with Crippen LogP contribution in [0.25, 0.3) is 10.2 Å². The second-order valence-electron chi connectivity index (χ2n) is 4.29. The van der Waals surface area contributed by atoms with E-state index in [1.54, 1.807) is 18.0 Å². The number of carbonyl (C=O) groups excluding carboxylic acids is 1. The number of hydrogen-bond donors (Lipinski definition) is 2. The van der Waals surface area contributed by atoms with Crippen molar-refractivity contribution < 1.29 is 4.79 Å². The highest BCUT2D eigenvalue weighted by Gasteiger charge is 2.16. The van der Waals surface area contributed by atoms with E-state index in [-0.39, 0.29) is 5.91 Å². The molecule has 6 heteroatoms. The normalized spacial score (nSPS) is 12.5. The Morgan fingerprint density at radius 1 is 1.63 bits per heavy atom. The number of hydrogen-bond acceptors (Lipinski definition) is 5. The number of amides is 1. The van der Waals surface area contributed by atoms with Gasteiger partial charge in [0.2, 0.25) is 0 Å². The third-order valence-electron chi connectivity index (χ3n) is 2.95. The number of fused-ring (bicyclic) bond motifs is 1. The van der Waals surface area contributed by atoms with Gasteiger partial charge >= 0.3 is 0 Å². The Hall–Kier alpha value is -1.27. The summed E-state index contributed by atoms with van der Waals surface area (Å²) < 4.78 is 0. The van der Waals surface area contributed by atoms with E-state index in [0.717, 1.165) is 16.6 Å². The largest absolute Gasteiger partial charge is 0.397 e. The number of nitrogens with one attached hydrogen (secondary N) is 1. The van der Waals surface area contributed by atoms with Crippen molar-refractivity contribution in [1.29, 1.82) is 0 Å². The number of rotatable bonds is 5. The Kier molecular flexibility index (Phi) is 4.66. The lowest BCUT2D eigenvalue weighted by molar-refractivity contribution is 0.0958. The van der Waals surface area contributed by atoms with Gasteiger partial charge in [0.05, 0.1) is 5.69 Å². The molecule has 0 aliphatic rings. The van der Waals surface area contributed by atoms with Gasteiger partial charge in [-0.1, -0.05) is 6.92 Å². The number of anilines is 1. The zero-order valence-corrected chi connectivity index (χ0v) is 12.6. The third kappa shape index (κ3) is 3.19. The van der Waals surface area contributed by atoms with Gasteiger partial charge in [-0.05, 0) is 24.8 Å². The van der Waals surface area contributed by atoms with Gasteiger partial charge in [-0.3, -0.25) is 4.79 Å². The third-order valence-corrected chi connectivity index (χ3v) is 5.12. The highest BCUT2D eigenvalue weighted by atomic mass is 32.2. The van der Waals surface area contributed by atoms with Crippen LogP contribution in [0, 0.1) is 0 Å². The minimum atomic E-state index is -0.103. The topological polar surface area (TPSA) is 68.0 Å². The van der Waals surface area contributed by atoms with Gasteiger partial charge in [0, 0.05) is 23.4 Å². The molecular formula is C13H17N3OS2. The summed E-state index contributed by atoms with van der Waals surface area (Å²) in [5.41, 5.74) is 6.53. The van der Waals surface area contributed by atoms with Gasteiger partial charge in [0.15, 0.2) is 0 Å². The molecule has 1 atom stereocenters. The maximum Gasteiger partial charge on any atom is 0.263 e. The van der Waals surface area contributed by atoms with Gasteiger partial charge < -0.3 is 11.1 Å². The maximum atomic E-state index is 12.1. The summed E-state index contributed by atoms with van der Waals surface area (Å²) in [7, 11) is 0. The van der Waals surface area contributed by atoms with Gasteiger partial charge in [0.1, 0.15) is 9.71 Å². The monoisotopic (exact) mass is 295 g/mol. The molecule has 0 saturated heterocycles. The van der Waals surface area contributed by atoms with E-state index in [1.807, 2.05) is 12.1 Å². The minimum Gasteiger partial charge on any atom is -0.397 e. The number of nitrogens with two attached hydrogens (primary N) is 1. The number of carbonyl (C=O) groups is 1. The van der Waals surface area contributed by atoms with E-state index in [9.17, 15) is 4.79 Å². The fourth-order valence-corrected chi connectivity index (χ4v) is 3.04. The number of aromatic nitrogens is 1. The zero-order valence-electron chi connectivity index (χ0n) is 11.0. The number of pyridine rings is 1. The summed E-state index contributed by atoms with van der Waals surface area (Å²) >= 11 is 3.14. The first-order valence-electron chi connectivity index (χ1n) is 6.07. The molecule has 19 heavy (non-hydrogen) atoms. The lowest BCUT2D eigenvalue weighted by atomic mass is 10.2. The SMILES string of the molecule is CSC(C)CCNC(=O)c1sc2ncccc2c1N. The van der Waals surface area contributed by atoms with Crippen LogP contribution in [0.4, 0.5) is 5.69 Å². The van der Waals surface area contributed by atoms with Crippen LogP contribution in [0.15, 0.2) is 18.3 Å². The van der Waals surface area contributed by atoms with Crippen molar-refractivity contribution in [2.75, 3.05) is 18.5 Å². The Balaban J connectivity index is 2.07. The molecule has 0 fully saturated rings. The number of nitrogen functional groups attached to an aromatic ring is 1. The van der Waals surface area contributed by atoms with Crippen molar-refractivity contribution in [3.05, 3.63) is 23.2 Å². The van der Waals surface area contributed by atoms with E-state index < -0.39 is 0 Å². The fraction of sp³-hybridized carbons (Fsp3) is 0.385. The highest BCUT2D eigenvalue weighted by Crippen LogP contribution is 2.31. The Labute approximate surface area is 120 Å². The molecule has 2 heterocycles. The first-order chi connectivity index (χ1) is 9.13. The van der Waals surface area contributed by atoms with Gasteiger partial charge in [-0.15, -0.1) is 11.3 Å². The molecule has 0 aromatic carbocycles. The molecule has 2 rings (SSSR count). The lowest BCUT2D eigenvalue weighted by Gasteiger charge is -2.08. The Bertz CT molecular complexity index is 582. The van der Waals surface area contributed by atoms with E-state index in [4.69, 9.17) is 5.73 Å². The number of thioether (sulfide) groups is 1. The molecule has 0 saturated carbocycles. The summed E-state index contributed by atoms with van der Waals surface area (Å²) in [6.07, 6.45) is 4.73. The molecule has 102 valence electrons. The van der Waals surface area contributed by atoms with Crippen LogP contribution >= 0.6 is 23.1 Å². The van der Waals surface area contributed by atoms with E-state index in [1.165, 1.54) is 11.3 Å². The van der Waals surface area contributed by atoms with E-state index in [0.29, 0.717) is 22.4 Å². The standard InChI is InChI=1S/C13H17N3OS2/c1-8(18-2)5-7-15-12(17)11-10(14)9-4-3-6-16-13(9)19-11/h3-4,6,8H,5,7,14H2,1-2H3,(H,15,17). The smallest absolute Gasteiger partial charge is 0.263 e. The Morgan fingerprint density at radius 2 is 2.42 bits per heavy atom. The Morgan fingerprint density at radius 3 is 3.11 bits per heavy atom. The zero-order chi connectivity index (χ0) is 13.8. The predicted molar refractivity (Wildman–Crippen MR) is 84.0 cm³/mol. The van der Waals surface area contributed by atoms with Crippen molar-refractivity contribution in [2.45, 2.75) is 18.6 Å². The molecule has 3 N–H and O–H groups in total. The van der Waals surface area contributed by atoms with E-state index in [2.05, 4.69) is 23.5 Å². The lowest BCUT2D eigenvalue weighted by Crippen LogP contribution is -2.25. The fourth-order valence-electron chi connectivity index (χ4n) is 1.71. The molecule has 0 radical (unpaired) electrons. The van der Waals surface area contributed by atoms with Crippen LogP contribution in [-0.2, 0) is 0 Å². The maximum absolute atomic E-state index is 12.1. The average molecular weight is 295 g/mol. The number of thiophene rings is 1. The molecule has 1 amide bonds. The van der Waals surface area contributed by atoms with E-state index >= 15 is 0 Å². The van der Waals surface area contributed by atoms with Crippen molar-refractivity contribution in [3.63, 3.8) is 0 Å². The predicted octanol–water partition coefficient (Wildman–Crippen LogP) is 2.75. The molecule has 4 nitrogen and oxygen atoms in total. The second-order valence-corrected chi connectivity index (χ2v) is 6.57. The van der Waals surface area contributed by atoms with Crippen molar-refractivity contribution >= 4 is 44.9 Å². The van der Waals surface area contributed by atoms with Crippen LogP contribution in [0.2, 0.25) is 0 Å². The molecule has 1 unspecified atom stereocenters. The average Bonchev–Trinajstić information content (AvgIpc) is 2.76. The van der Waals surface area contributed by atoms with Gasteiger partial charge in [0.25, 0.3) is 5.91 Å². The first-order valence-corrected chi connectivity index (χ1v) is 8.18. The van der Waals surface area contributed by atoms with Crippen LogP contribution < -0.4 is 11.1 Å². The quantitative estimate of drug-likeness (QED) is 0.890. The van der Waals surface area contributed by atoms with Crippen molar-refractivity contribution in [3.8, 4) is 0 Å². The second kappa shape index (κ2) is 6.25. The molecule has 0 spiro atoms. The van der Waals surface area contributed by atoms with Crippen LogP contribution in [0.3, 0.4) is 0 Å². The summed E-state index contributed by atoms with van der Waals surface area (Å²) in [5, 5.41) is 4.32. The molecule has 0 aliphatic carbocycles. The van der Waals surface area contributed by atoms with Crippen molar-refractivity contribution in [2.24, 2.45) is 0 Å². The highest BCUT2D eigenvalue weighted by molar-refractivity contribution is 7.99. The minimum absolute atomic E-state index is 0.103. The molecule has 2 aromatic rings. The summed E-state index contributed by atoms with van der Waals surface area (Å²) in [6, 6.07) is 3.72. The van der Waals surface area contributed by atoms with Crippen molar-refractivity contribution in [1.82, 2.24) is 10.3 Å². The van der Waals surface area contributed by atoms with Crippen LogP contribution in [0.1, 0.15) is 23.0 Å². The number of nitrogens with zero attached hydrogens (tertiary/aromatic N) is 1. The molecule has 0 aliphatic heterocycles. The van der Waals surface area contributed by atoms with Crippen LogP contribution in [-0.4, -0.2) is 28.9 Å². The molecule has 0 bridgehead atoms. The first kappa shape index (κ1) is 14.1. The molecule has 2 aromatic heterocycles.